The monoisotopic (exact) mass is 179 g/mol. The minimum atomic E-state index is -0.448. The zero-order valence-corrected chi connectivity index (χ0v) is 7.16. The number of primary amides is 1. The van der Waals surface area contributed by atoms with Crippen LogP contribution in [0.5, 0.6) is 11.5 Å². The SMILES string of the molecule is Cc1cc2c(cc1C(N)=O)OCO2. The first-order valence-corrected chi connectivity index (χ1v) is 3.88. The molecule has 0 radical (unpaired) electrons. The van der Waals surface area contributed by atoms with Crippen LogP contribution >= 0.6 is 0 Å². The predicted molar refractivity (Wildman–Crippen MR) is 45.8 cm³/mol. The number of hydrogen-bond donors (Lipinski definition) is 1. The Kier molecular flexibility index (Phi) is 1.62. The van der Waals surface area contributed by atoms with E-state index in [9.17, 15) is 4.79 Å². The zero-order valence-electron chi connectivity index (χ0n) is 7.16. The third-order valence-electron chi connectivity index (χ3n) is 1.99. The maximum Gasteiger partial charge on any atom is 0.249 e. The highest BCUT2D eigenvalue weighted by atomic mass is 16.7. The van der Waals surface area contributed by atoms with Crippen LogP contribution in [0.2, 0.25) is 0 Å². The fourth-order valence-corrected chi connectivity index (χ4v) is 1.31. The Morgan fingerprint density at radius 3 is 2.62 bits per heavy atom. The molecule has 0 saturated carbocycles. The molecule has 0 saturated heterocycles. The van der Waals surface area contributed by atoms with E-state index < -0.39 is 5.91 Å². The first-order chi connectivity index (χ1) is 6.18. The van der Waals surface area contributed by atoms with Crippen molar-refractivity contribution in [3.63, 3.8) is 0 Å². The van der Waals surface area contributed by atoms with Crippen LogP contribution in [0.25, 0.3) is 0 Å². The maximum atomic E-state index is 10.9. The summed E-state index contributed by atoms with van der Waals surface area (Å²) in [5, 5.41) is 0. The summed E-state index contributed by atoms with van der Waals surface area (Å²) in [7, 11) is 0. The van der Waals surface area contributed by atoms with Gasteiger partial charge in [-0.15, -0.1) is 0 Å². The van der Waals surface area contributed by atoms with E-state index in [1.807, 2.05) is 6.92 Å². The van der Waals surface area contributed by atoms with Gasteiger partial charge in [0, 0.05) is 5.56 Å². The van der Waals surface area contributed by atoms with Crippen LogP contribution in [0.1, 0.15) is 15.9 Å². The van der Waals surface area contributed by atoms with Crippen LogP contribution in [0, 0.1) is 6.92 Å². The lowest BCUT2D eigenvalue weighted by Crippen LogP contribution is -2.12. The Morgan fingerprint density at radius 1 is 1.38 bits per heavy atom. The van der Waals surface area contributed by atoms with E-state index in [1.54, 1.807) is 12.1 Å². The van der Waals surface area contributed by atoms with Gasteiger partial charge in [-0.2, -0.15) is 0 Å². The number of rotatable bonds is 1. The van der Waals surface area contributed by atoms with E-state index >= 15 is 0 Å². The van der Waals surface area contributed by atoms with Crippen LogP contribution in [0.4, 0.5) is 0 Å². The fraction of sp³-hybridized carbons (Fsp3) is 0.222. The number of amides is 1. The molecule has 2 rings (SSSR count). The van der Waals surface area contributed by atoms with Gasteiger partial charge in [-0.3, -0.25) is 4.79 Å². The molecule has 0 unspecified atom stereocenters. The van der Waals surface area contributed by atoms with Crippen LogP contribution in [0.3, 0.4) is 0 Å². The van der Waals surface area contributed by atoms with Gasteiger partial charge in [-0.05, 0) is 24.6 Å². The number of fused-ring (bicyclic) bond motifs is 1. The standard InChI is InChI=1S/C9H9NO3/c1-5-2-7-8(13-4-12-7)3-6(5)9(10)11/h2-3H,4H2,1H3,(H2,10,11). The molecule has 13 heavy (non-hydrogen) atoms. The lowest BCUT2D eigenvalue weighted by Gasteiger charge is -2.02. The average molecular weight is 179 g/mol. The number of ether oxygens (including phenoxy) is 2. The van der Waals surface area contributed by atoms with Crippen LogP contribution < -0.4 is 15.2 Å². The first kappa shape index (κ1) is 7.91. The average Bonchev–Trinajstić information content (AvgIpc) is 2.48. The number of carbonyl (C=O) groups excluding carboxylic acids is 1. The maximum absolute atomic E-state index is 10.9. The van der Waals surface area contributed by atoms with Gasteiger partial charge < -0.3 is 15.2 Å². The highest BCUT2D eigenvalue weighted by molar-refractivity contribution is 5.95. The summed E-state index contributed by atoms with van der Waals surface area (Å²) in [6.45, 7) is 2.01. The van der Waals surface area contributed by atoms with Crippen molar-refractivity contribution in [1.82, 2.24) is 0 Å². The molecule has 0 aromatic heterocycles. The Hall–Kier alpha value is -1.71. The molecule has 68 valence electrons. The summed E-state index contributed by atoms with van der Waals surface area (Å²) in [6, 6.07) is 3.36. The third-order valence-corrected chi connectivity index (χ3v) is 1.99. The molecule has 0 aliphatic carbocycles. The minimum absolute atomic E-state index is 0.205. The summed E-state index contributed by atoms with van der Waals surface area (Å²) < 4.78 is 10.3. The summed E-state index contributed by atoms with van der Waals surface area (Å²) in [4.78, 5) is 10.9. The number of hydrogen-bond acceptors (Lipinski definition) is 3. The van der Waals surface area contributed by atoms with Gasteiger partial charge in [0.15, 0.2) is 11.5 Å². The molecule has 1 heterocycles. The Bertz CT molecular complexity index is 373. The molecule has 0 fully saturated rings. The van der Waals surface area contributed by atoms with Crippen molar-refractivity contribution >= 4 is 5.91 Å². The van der Waals surface area contributed by atoms with Crippen molar-refractivity contribution in [2.75, 3.05) is 6.79 Å². The van der Waals surface area contributed by atoms with Crippen molar-refractivity contribution in [2.45, 2.75) is 6.92 Å². The largest absolute Gasteiger partial charge is 0.454 e. The number of nitrogens with two attached hydrogens (primary N) is 1. The second-order valence-electron chi connectivity index (χ2n) is 2.88. The zero-order chi connectivity index (χ0) is 9.42. The normalized spacial score (nSPS) is 13.0. The van der Waals surface area contributed by atoms with E-state index in [4.69, 9.17) is 15.2 Å². The molecule has 2 N–H and O–H groups in total. The van der Waals surface area contributed by atoms with E-state index in [2.05, 4.69) is 0 Å². The van der Waals surface area contributed by atoms with Gasteiger partial charge in [-0.1, -0.05) is 0 Å². The molecule has 1 amide bonds. The Balaban J connectivity index is 2.55. The van der Waals surface area contributed by atoms with Gasteiger partial charge in [0.2, 0.25) is 12.7 Å². The molecule has 0 spiro atoms. The molecule has 4 nitrogen and oxygen atoms in total. The summed E-state index contributed by atoms with van der Waals surface area (Å²) in [6.07, 6.45) is 0. The topological polar surface area (TPSA) is 61.6 Å². The van der Waals surface area contributed by atoms with Gasteiger partial charge in [0.25, 0.3) is 0 Å². The first-order valence-electron chi connectivity index (χ1n) is 3.88. The molecule has 0 bridgehead atoms. The van der Waals surface area contributed by atoms with Gasteiger partial charge in [0.1, 0.15) is 0 Å². The van der Waals surface area contributed by atoms with E-state index in [0.717, 1.165) is 5.56 Å². The minimum Gasteiger partial charge on any atom is -0.454 e. The molecule has 1 aromatic carbocycles. The summed E-state index contributed by atoms with van der Waals surface area (Å²) in [5.41, 5.74) is 6.45. The molecular formula is C9H9NO3. The Labute approximate surface area is 75.2 Å². The number of carbonyl (C=O) groups is 1. The quantitative estimate of drug-likeness (QED) is 0.694. The summed E-state index contributed by atoms with van der Waals surface area (Å²) >= 11 is 0. The highest BCUT2D eigenvalue weighted by Crippen LogP contribution is 2.34. The molecule has 0 atom stereocenters. The highest BCUT2D eigenvalue weighted by Gasteiger charge is 2.17. The summed E-state index contributed by atoms with van der Waals surface area (Å²) in [5.74, 6) is 0.803. The number of benzene rings is 1. The van der Waals surface area contributed by atoms with E-state index in [-0.39, 0.29) is 6.79 Å². The van der Waals surface area contributed by atoms with Crippen LogP contribution in [0.15, 0.2) is 12.1 Å². The van der Waals surface area contributed by atoms with E-state index in [1.165, 1.54) is 0 Å². The smallest absolute Gasteiger partial charge is 0.249 e. The van der Waals surface area contributed by atoms with Crippen LogP contribution in [-0.4, -0.2) is 12.7 Å². The van der Waals surface area contributed by atoms with E-state index in [0.29, 0.717) is 17.1 Å². The van der Waals surface area contributed by atoms with Crippen molar-refractivity contribution in [1.29, 1.82) is 0 Å². The lowest BCUT2D eigenvalue weighted by atomic mass is 10.1. The van der Waals surface area contributed by atoms with Gasteiger partial charge >= 0.3 is 0 Å². The molecule has 1 aliphatic rings. The van der Waals surface area contributed by atoms with Gasteiger partial charge in [0.05, 0.1) is 0 Å². The molecular weight excluding hydrogens is 170 g/mol. The third kappa shape index (κ3) is 1.20. The predicted octanol–water partition coefficient (Wildman–Crippen LogP) is 0.823. The Morgan fingerprint density at radius 2 is 2.00 bits per heavy atom. The lowest BCUT2D eigenvalue weighted by molar-refractivity contribution is 0.0999. The van der Waals surface area contributed by atoms with Crippen molar-refractivity contribution in [3.8, 4) is 11.5 Å². The van der Waals surface area contributed by atoms with Gasteiger partial charge in [-0.25, -0.2) is 0 Å². The second-order valence-corrected chi connectivity index (χ2v) is 2.88. The van der Waals surface area contributed by atoms with Crippen molar-refractivity contribution in [2.24, 2.45) is 5.73 Å². The second kappa shape index (κ2) is 2.65. The molecule has 1 aromatic rings. The molecule has 4 heteroatoms. The fourth-order valence-electron chi connectivity index (χ4n) is 1.31. The van der Waals surface area contributed by atoms with Crippen molar-refractivity contribution in [3.05, 3.63) is 23.3 Å². The molecule has 1 aliphatic heterocycles. The van der Waals surface area contributed by atoms with Crippen LogP contribution in [-0.2, 0) is 0 Å². The van der Waals surface area contributed by atoms with Crippen molar-refractivity contribution < 1.29 is 14.3 Å². The number of aryl methyl sites for hydroxylation is 1.